The summed E-state index contributed by atoms with van der Waals surface area (Å²) in [7, 11) is -2.98. The second kappa shape index (κ2) is 7.10. The van der Waals surface area contributed by atoms with Crippen LogP contribution in [0.5, 0.6) is 11.5 Å². The van der Waals surface area contributed by atoms with E-state index in [0.717, 1.165) is 29.3 Å². The summed E-state index contributed by atoms with van der Waals surface area (Å²) in [5, 5.41) is 10.8. The van der Waals surface area contributed by atoms with Gasteiger partial charge >= 0.3 is 10.1 Å². The molecule has 0 aliphatic heterocycles. The summed E-state index contributed by atoms with van der Waals surface area (Å²) < 4.78 is 35.7. The Labute approximate surface area is 146 Å². The summed E-state index contributed by atoms with van der Waals surface area (Å²) >= 11 is 0. The lowest BCUT2D eigenvalue weighted by Gasteiger charge is -2.15. The van der Waals surface area contributed by atoms with E-state index in [1.165, 1.54) is 7.11 Å². The number of ether oxygens (including phenoxy) is 1. The molecule has 0 amide bonds. The van der Waals surface area contributed by atoms with E-state index < -0.39 is 15.0 Å². The minimum absolute atomic E-state index is 0.0598. The number of benzene rings is 2. The maximum atomic E-state index is 12.7. The molecule has 0 bridgehead atoms. The molecule has 8 heteroatoms. The summed E-state index contributed by atoms with van der Waals surface area (Å²) in [5.41, 5.74) is 1.33. The normalized spacial score (nSPS) is 11.4. The van der Waals surface area contributed by atoms with E-state index in [4.69, 9.17) is 8.92 Å². The van der Waals surface area contributed by atoms with Crippen LogP contribution in [0.2, 0.25) is 0 Å². The highest BCUT2D eigenvalue weighted by atomic mass is 32.2. The van der Waals surface area contributed by atoms with Gasteiger partial charge in [-0.3, -0.25) is 10.1 Å². The fraction of sp³-hybridized carbons (Fsp3) is 0.294. The molecular formula is C17H19NO6S. The van der Waals surface area contributed by atoms with Crippen molar-refractivity contribution in [3.63, 3.8) is 0 Å². The number of nitro benzene ring substituents is 1. The van der Waals surface area contributed by atoms with Crippen LogP contribution in [0.25, 0.3) is 0 Å². The molecule has 0 fully saturated rings. The topological polar surface area (TPSA) is 95.7 Å². The number of hydrogen-bond donors (Lipinski definition) is 0. The molecule has 2 aromatic carbocycles. The van der Waals surface area contributed by atoms with Gasteiger partial charge in [0.25, 0.3) is 5.69 Å². The van der Waals surface area contributed by atoms with Gasteiger partial charge in [-0.15, -0.1) is 0 Å². The Kier molecular flexibility index (Phi) is 5.32. The van der Waals surface area contributed by atoms with Crippen molar-refractivity contribution in [2.45, 2.75) is 31.6 Å². The highest BCUT2D eigenvalue weighted by molar-refractivity contribution is 7.87. The minimum atomic E-state index is -4.22. The van der Waals surface area contributed by atoms with Crippen molar-refractivity contribution in [1.82, 2.24) is 0 Å². The first kappa shape index (κ1) is 18.7. The SMILES string of the molecule is COc1cc([N+](=O)[O-])ccc1S(=O)(=O)Oc1cc(C)ccc1C(C)C. The maximum absolute atomic E-state index is 12.7. The second-order valence-electron chi connectivity index (χ2n) is 5.83. The Bertz CT molecular complexity index is 905. The Morgan fingerprint density at radius 3 is 2.32 bits per heavy atom. The van der Waals surface area contributed by atoms with Crippen molar-refractivity contribution in [2.24, 2.45) is 0 Å². The molecule has 2 rings (SSSR count). The lowest BCUT2D eigenvalue weighted by atomic mass is 10.0. The molecule has 0 N–H and O–H groups in total. The fourth-order valence-electron chi connectivity index (χ4n) is 2.33. The van der Waals surface area contributed by atoms with Gasteiger partial charge in [-0.25, -0.2) is 0 Å². The zero-order chi connectivity index (χ0) is 18.8. The third kappa shape index (κ3) is 4.08. The van der Waals surface area contributed by atoms with Gasteiger partial charge in [0.15, 0.2) is 0 Å². The number of nitro groups is 1. The minimum Gasteiger partial charge on any atom is -0.495 e. The summed E-state index contributed by atoms with van der Waals surface area (Å²) in [6, 6.07) is 8.59. The number of methoxy groups -OCH3 is 1. The number of non-ortho nitro benzene ring substituents is 1. The molecule has 0 aliphatic rings. The van der Waals surface area contributed by atoms with Crippen LogP contribution in [0.15, 0.2) is 41.3 Å². The number of aryl methyl sites for hydroxylation is 1. The maximum Gasteiger partial charge on any atom is 0.342 e. The van der Waals surface area contributed by atoms with E-state index in [-0.39, 0.29) is 28.0 Å². The molecule has 0 heterocycles. The van der Waals surface area contributed by atoms with Crippen molar-refractivity contribution in [3.8, 4) is 11.5 Å². The van der Waals surface area contributed by atoms with Crippen molar-refractivity contribution in [2.75, 3.05) is 7.11 Å². The Morgan fingerprint density at radius 1 is 1.08 bits per heavy atom. The van der Waals surface area contributed by atoms with Gasteiger partial charge in [-0.1, -0.05) is 26.0 Å². The van der Waals surface area contributed by atoms with E-state index in [0.29, 0.717) is 0 Å². The zero-order valence-corrected chi connectivity index (χ0v) is 15.2. The molecule has 7 nitrogen and oxygen atoms in total. The molecular weight excluding hydrogens is 346 g/mol. The van der Waals surface area contributed by atoms with Gasteiger partial charge in [0.1, 0.15) is 16.4 Å². The standard InChI is InChI=1S/C17H19NO6S/c1-11(2)14-7-5-12(3)9-15(14)24-25(21,22)17-8-6-13(18(19)20)10-16(17)23-4/h5-11H,1-4H3. The zero-order valence-electron chi connectivity index (χ0n) is 14.3. The van der Waals surface area contributed by atoms with Crippen LogP contribution in [0.3, 0.4) is 0 Å². The van der Waals surface area contributed by atoms with E-state index >= 15 is 0 Å². The van der Waals surface area contributed by atoms with Crippen molar-refractivity contribution in [1.29, 1.82) is 0 Å². The number of rotatable bonds is 6. The first-order chi connectivity index (χ1) is 11.7. The van der Waals surface area contributed by atoms with Crippen LogP contribution in [0, 0.1) is 17.0 Å². The van der Waals surface area contributed by atoms with Crippen molar-refractivity contribution in [3.05, 3.63) is 57.6 Å². The third-order valence-corrected chi connectivity index (χ3v) is 4.89. The summed E-state index contributed by atoms with van der Waals surface area (Å²) in [4.78, 5) is 9.95. The lowest BCUT2D eigenvalue weighted by Crippen LogP contribution is -2.13. The van der Waals surface area contributed by atoms with Gasteiger partial charge < -0.3 is 8.92 Å². The predicted molar refractivity (Wildman–Crippen MR) is 92.7 cm³/mol. The molecule has 134 valence electrons. The largest absolute Gasteiger partial charge is 0.495 e. The molecule has 0 saturated carbocycles. The first-order valence-corrected chi connectivity index (χ1v) is 8.94. The molecule has 0 aliphatic carbocycles. The van der Waals surface area contributed by atoms with Crippen LogP contribution in [-0.4, -0.2) is 20.5 Å². The van der Waals surface area contributed by atoms with Gasteiger partial charge in [0, 0.05) is 6.07 Å². The Morgan fingerprint density at radius 2 is 1.76 bits per heavy atom. The Hall–Kier alpha value is -2.61. The molecule has 0 atom stereocenters. The average Bonchev–Trinajstić information content (AvgIpc) is 2.53. The van der Waals surface area contributed by atoms with Gasteiger partial charge in [0.05, 0.1) is 18.1 Å². The molecule has 25 heavy (non-hydrogen) atoms. The van der Waals surface area contributed by atoms with Gasteiger partial charge in [-0.2, -0.15) is 8.42 Å². The predicted octanol–water partition coefficient (Wildman–Crippen LogP) is 3.80. The molecule has 2 aromatic rings. The smallest absolute Gasteiger partial charge is 0.342 e. The van der Waals surface area contributed by atoms with Crippen molar-refractivity contribution < 1.29 is 22.3 Å². The molecule has 0 saturated heterocycles. The van der Waals surface area contributed by atoms with E-state index in [2.05, 4.69) is 0 Å². The summed E-state index contributed by atoms with van der Waals surface area (Å²) in [6.07, 6.45) is 0. The quantitative estimate of drug-likeness (QED) is 0.439. The lowest BCUT2D eigenvalue weighted by molar-refractivity contribution is -0.385. The molecule has 0 radical (unpaired) electrons. The second-order valence-corrected chi connectivity index (χ2v) is 7.34. The monoisotopic (exact) mass is 365 g/mol. The van der Waals surface area contributed by atoms with Gasteiger partial charge in [-0.05, 0) is 36.1 Å². The van der Waals surface area contributed by atoms with Crippen LogP contribution < -0.4 is 8.92 Å². The Balaban J connectivity index is 2.51. The van der Waals surface area contributed by atoms with E-state index in [1.54, 1.807) is 6.07 Å². The average molecular weight is 365 g/mol. The summed E-state index contributed by atoms with van der Waals surface area (Å²) in [6.45, 7) is 5.68. The highest BCUT2D eigenvalue weighted by Gasteiger charge is 2.25. The van der Waals surface area contributed by atoms with E-state index in [9.17, 15) is 18.5 Å². The third-order valence-electron chi connectivity index (χ3n) is 3.62. The molecule has 0 aromatic heterocycles. The van der Waals surface area contributed by atoms with Crippen LogP contribution in [0.4, 0.5) is 5.69 Å². The summed E-state index contributed by atoms with van der Waals surface area (Å²) in [5.74, 6) is 0.146. The number of hydrogen-bond acceptors (Lipinski definition) is 6. The molecule has 0 unspecified atom stereocenters. The highest BCUT2D eigenvalue weighted by Crippen LogP contribution is 2.33. The van der Waals surface area contributed by atoms with E-state index in [1.807, 2.05) is 32.9 Å². The van der Waals surface area contributed by atoms with Gasteiger partial charge in [0.2, 0.25) is 0 Å². The van der Waals surface area contributed by atoms with Crippen molar-refractivity contribution >= 4 is 15.8 Å². The number of nitrogens with zero attached hydrogens (tertiary/aromatic N) is 1. The first-order valence-electron chi connectivity index (χ1n) is 7.53. The van der Waals surface area contributed by atoms with Crippen LogP contribution in [0.1, 0.15) is 30.9 Å². The molecule has 0 spiro atoms. The van der Waals surface area contributed by atoms with Crippen LogP contribution in [-0.2, 0) is 10.1 Å². The fourth-order valence-corrected chi connectivity index (χ4v) is 3.42. The van der Waals surface area contributed by atoms with Crippen LogP contribution >= 0.6 is 0 Å².